The summed E-state index contributed by atoms with van der Waals surface area (Å²) in [6.07, 6.45) is 0. The molecule has 0 amide bonds. The summed E-state index contributed by atoms with van der Waals surface area (Å²) < 4.78 is 0. The maximum Gasteiger partial charge on any atom is 0.144 e. The molecular formula is CHNS2. The summed E-state index contributed by atoms with van der Waals surface area (Å²) in [6.45, 7) is 0. The third-order valence-corrected chi connectivity index (χ3v) is 0.367. The van der Waals surface area contributed by atoms with E-state index < -0.39 is 0 Å². The third-order valence-electron chi connectivity index (χ3n) is 0.0408. The second-order valence-electron chi connectivity index (χ2n) is 0.183. The maximum atomic E-state index is 7.51. The molecule has 0 fully saturated rings. The van der Waals surface area contributed by atoms with E-state index >= 15 is 0 Å². The van der Waals surface area contributed by atoms with Gasteiger partial charge in [-0.25, -0.2) is 0 Å². The lowest BCUT2D eigenvalue weighted by Gasteiger charge is -1.46. The number of rotatable bonds is 0. The molecule has 0 saturated carbocycles. The van der Waals surface area contributed by atoms with Crippen molar-refractivity contribution in [1.82, 2.24) is 0 Å². The number of hydrogen-bond donors (Lipinski definition) is 1. The highest BCUT2D eigenvalue weighted by molar-refractivity contribution is 8.70. The smallest absolute Gasteiger partial charge is 0.144 e. The van der Waals surface area contributed by atoms with Gasteiger partial charge in [0.05, 0.1) is 0 Å². The minimum Gasteiger partial charge on any atom is -0.184 e. The van der Waals surface area contributed by atoms with Crippen LogP contribution < -0.4 is 0 Å². The van der Waals surface area contributed by atoms with E-state index in [9.17, 15) is 0 Å². The Morgan fingerprint density at radius 3 is 2.25 bits per heavy atom. The molecule has 3 heteroatoms. The molecule has 1 nitrogen and oxygen atoms in total. The molecule has 0 spiro atoms. The van der Waals surface area contributed by atoms with Gasteiger partial charge < -0.3 is 0 Å². The first-order valence-corrected chi connectivity index (χ1v) is 2.48. The van der Waals surface area contributed by atoms with E-state index in [0.29, 0.717) is 0 Å². The van der Waals surface area contributed by atoms with Crippen LogP contribution in [0.5, 0.6) is 0 Å². The van der Waals surface area contributed by atoms with Crippen LogP contribution in [-0.2, 0) is 0 Å². The molecule has 0 bridgehead atoms. The second kappa shape index (κ2) is 3.19. The molecule has 22 valence electrons. The van der Waals surface area contributed by atoms with Crippen LogP contribution in [0, 0.1) is 10.7 Å². The Balaban J connectivity index is 2.43. The quantitative estimate of drug-likeness (QED) is 0.273. The fourth-order valence-corrected chi connectivity index (χ4v) is 0. The summed E-state index contributed by atoms with van der Waals surface area (Å²) in [5, 5.41) is 9.22. The lowest BCUT2D eigenvalue weighted by molar-refractivity contribution is 1.57. The number of thiol groups is 1. The molecule has 0 rings (SSSR count). The van der Waals surface area contributed by atoms with Crippen LogP contribution in [0.1, 0.15) is 0 Å². The summed E-state index contributed by atoms with van der Waals surface area (Å²) in [4.78, 5) is 0. The van der Waals surface area contributed by atoms with E-state index in [1.54, 1.807) is 5.40 Å². The number of nitrogens with zero attached hydrogens (tertiary/aromatic N) is 1. The Morgan fingerprint density at radius 2 is 2.25 bits per heavy atom. The molecule has 0 aromatic heterocycles. The molecule has 0 aliphatic rings. The van der Waals surface area contributed by atoms with Crippen molar-refractivity contribution < 1.29 is 0 Å². The molecule has 0 unspecified atom stereocenters. The van der Waals surface area contributed by atoms with Gasteiger partial charge in [0.2, 0.25) is 0 Å². The van der Waals surface area contributed by atoms with Crippen LogP contribution in [0.3, 0.4) is 0 Å². The van der Waals surface area contributed by atoms with Gasteiger partial charge in [0.15, 0.2) is 0 Å². The van der Waals surface area contributed by atoms with Gasteiger partial charge in [0.25, 0.3) is 0 Å². The van der Waals surface area contributed by atoms with Crippen molar-refractivity contribution in [1.29, 1.82) is 5.26 Å². The first kappa shape index (κ1) is 4.19. The molecule has 0 aliphatic heterocycles. The zero-order valence-corrected chi connectivity index (χ0v) is 3.51. The van der Waals surface area contributed by atoms with Gasteiger partial charge in [-0.05, 0) is 0 Å². The third kappa shape index (κ3) is 2.19. The minimum atomic E-state index is 0.856. The second-order valence-corrected chi connectivity index (χ2v) is 1.10. The highest BCUT2D eigenvalue weighted by Gasteiger charge is 1.51. The normalized spacial score (nSPS) is 5.00. The minimum absolute atomic E-state index is 0.856. The standard InChI is InChI=1S/CHNS2/c2-1-4-3/h3H. The fourth-order valence-electron chi connectivity index (χ4n) is 0. The number of thiocyanates is 1. The largest absolute Gasteiger partial charge is 0.184 e. The zero-order chi connectivity index (χ0) is 3.41. The van der Waals surface area contributed by atoms with E-state index in [0.717, 1.165) is 10.8 Å². The van der Waals surface area contributed by atoms with Crippen molar-refractivity contribution in [2.45, 2.75) is 0 Å². The Kier molecular flexibility index (Phi) is 3.34. The van der Waals surface area contributed by atoms with Crippen LogP contribution in [0.15, 0.2) is 0 Å². The van der Waals surface area contributed by atoms with Gasteiger partial charge in [0.1, 0.15) is 5.40 Å². The van der Waals surface area contributed by atoms with Gasteiger partial charge in [-0.3, -0.25) is 0 Å². The maximum absolute atomic E-state index is 7.51. The molecule has 0 radical (unpaired) electrons. The average molecular weight is 91.2 g/mol. The van der Waals surface area contributed by atoms with E-state index in [1.807, 2.05) is 0 Å². The molecule has 0 heterocycles. The van der Waals surface area contributed by atoms with Gasteiger partial charge in [-0.2, -0.15) is 5.26 Å². The van der Waals surface area contributed by atoms with Crippen LogP contribution in [0.2, 0.25) is 0 Å². The van der Waals surface area contributed by atoms with Crippen LogP contribution in [0.4, 0.5) is 0 Å². The fraction of sp³-hybridized carbons (Fsp3) is 0. The first-order valence-electron chi connectivity index (χ1n) is 0.610. The van der Waals surface area contributed by atoms with Crippen LogP contribution >= 0.6 is 22.5 Å². The molecule has 0 N–H and O–H groups in total. The van der Waals surface area contributed by atoms with Crippen LogP contribution in [0.25, 0.3) is 0 Å². The van der Waals surface area contributed by atoms with Crippen molar-refractivity contribution >= 4 is 22.5 Å². The Morgan fingerprint density at radius 1 is 2.00 bits per heavy atom. The van der Waals surface area contributed by atoms with E-state index in [4.69, 9.17) is 5.26 Å². The molecule has 0 aromatic rings. The Bertz CT molecular complexity index is 35.8. The lowest BCUT2D eigenvalue weighted by Crippen LogP contribution is -1.12. The predicted octanol–water partition coefficient (Wildman–Crippen LogP) is 1.05. The van der Waals surface area contributed by atoms with E-state index in [1.165, 1.54) is 0 Å². The van der Waals surface area contributed by atoms with Gasteiger partial charge in [-0.15, -0.1) is 0 Å². The van der Waals surface area contributed by atoms with Crippen molar-refractivity contribution in [2.75, 3.05) is 0 Å². The average Bonchev–Trinajstić information content (AvgIpc) is 1.37. The predicted molar refractivity (Wildman–Crippen MR) is 22.2 cm³/mol. The van der Waals surface area contributed by atoms with Gasteiger partial charge in [-0.1, -0.05) is 11.7 Å². The molecular weight excluding hydrogens is 90.2 g/mol. The lowest BCUT2D eigenvalue weighted by atomic mass is 11.8. The molecule has 0 saturated heterocycles. The first-order chi connectivity index (χ1) is 1.91. The topological polar surface area (TPSA) is 23.8 Å². The van der Waals surface area contributed by atoms with Crippen LogP contribution in [-0.4, -0.2) is 0 Å². The Labute approximate surface area is 33.8 Å². The number of hydrogen-bond acceptors (Lipinski definition) is 3. The highest BCUT2D eigenvalue weighted by Crippen LogP contribution is 1.97. The van der Waals surface area contributed by atoms with Gasteiger partial charge in [0, 0.05) is 10.8 Å². The SMILES string of the molecule is N#CSS. The van der Waals surface area contributed by atoms with Crippen molar-refractivity contribution in [3.63, 3.8) is 0 Å². The summed E-state index contributed by atoms with van der Waals surface area (Å²) in [6, 6.07) is 0. The summed E-state index contributed by atoms with van der Waals surface area (Å²) in [7, 11) is 0.856. The van der Waals surface area contributed by atoms with E-state index in [2.05, 4.69) is 11.7 Å². The Hall–Kier alpha value is 0.190. The molecule has 4 heavy (non-hydrogen) atoms. The van der Waals surface area contributed by atoms with Crippen molar-refractivity contribution in [3.8, 4) is 5.40 Å². The van der Waals surface area contributed by atoms with Crippen molar-refractivity contribution in [3.05, 3.63) is 0 Å². The monoisotopic (exact) mass is 91.0 g/mol. The molecule has 0 aromatic carbocycles. The molecule has 0 atom stereocenters. The van der Waals surface area contributed by atoms with Gasteiger partial charge >= 0.3 is 0 Å². The molecule has 0 aliphatic carbocycles. The van der Waals surface area contributed by atoms with Crippen molar-refractivity contribution in [2.24, 2.45) is 0 Å². The highest BCUT2D eigenvalue weighted by atomic mass is 33.1. The number of nitriles is 1. The summed E-state index contributed by atoms with van der Waals surface area (Å²) in [5.74, 6) is 0. The summed E-state index contributed by atoms with van der Waals surface area (Å²) >= 11 is 3.48. The summed E-state index contributed by atoms with van der Waals surface area (Å²) in [5.41, 5.74) is 0. The van der Waals surface area contributed by atoms with E-state index in [-0.39, 0.29) is 0 Å². The zero-order valence-electron chi connectivity index (χ0n) is 1.80.